The Kier molecular flexibility index (Phi) is 8.77. The monoisotopic (exact) mass is 458 g/mol. The lowest BCUT2D eigenvalue weighted by Crippen LogP contribution is -2.36. The number of rotatable bonds is 5. The quantitative estimate of drug-likeness (QED) is 0.367. The third-order valence-corrected chi connectivity index (χ3v) is 4.53. The topological polar surface area (TPSA) is 65.5 Å². The van der Waals surface area contributed by atoms with E-state index < -0.39 is 0 Å². The molecule has 130 valence electrons. The van der Waals surface area contributed by atoms with Crippen LogP contribution in [-0.2, 0) is 13.1 Å². The fourth-order valence-corrected chi connectivity index (χ4v) is 2.92. The number of hydrogen-bond acceptors (Lipinski definition) is 3. The van der Waals surface area contributed by atoms with Gasteiger partial charge in [-0.05, 0) is 41.6 Å². The van der Waals surface area contributed by atoms with E-state index >= 15 is 0 Å². The number of halogens is 1. The van der Waals surface area contributed by atoms with Gasteiger partial charge in [-0.15, -0.1) is 35.3 Å². The summed E-state index contributed by atoms with van der Waals surface area (Å²) in [6, 6.07) is 9.64. The van der Waals surface area contributed by atoms with Crippen molar-refractivity contribution in [2.45, 2.75) is 20.0 Å². The molecule has 0 radical (unpaired) electrons. The molecule has 2 aromatic rings. The number of carbonyl (C=O) groups excluding carboxylic acids is 1. The number of nitrogens with zero attached hydrogens (tertiary/aromatic N) is 1. The highest BCUT2D eigenvalue weighted by atomic mass is 127. The number of guanidine groups is 1. The number of aliphatic imine (C=N–C) groups is 1. The van der Waals surface area contributed by atoms with Gasteiger partial charge >= 0.3 is 0 Å². The van der Waals surface area contributed by atoms with Gasteiger partial charge < -0.3 is 16.0 Å². The van der Waals surface area contributed by atoms with Crippen LogP contribution < -0.4 is 16.0 Å². The zero-order valence-electron chi connectivity index (χ0n) is 14.1. The molecule has 1 heterocycles. The molecule has 7 heteroatoms. The van der Waals surface area contributed by atoms with Gasteiger partial charge in [0.25, 0.3) is 5.91 Å². The van der Waals surface area contributed by atoms with E-state index in [1.807, 2.05) is 24.3 Å². The maximum Gasteiger partial charge on any atom is 0.251 e. The van der Waals surface area contributed by atoms with Crippen LogP contribution in [0.15, 0.2) is 40.7 Å². The van der Waals surface area contributed by atoms with Crippen molar-refractivity contribution in [1.82, 2.24) is 16.0 Å². The summed E-state index contributed by atoms with van der Waals surface area (Å²) in [5.41, 5.74) is 3.04. The molecule has 1 amide bonds. The van der Waals surface area contributed by atoms with Crippen LogP contribution in [0.2, 0.25) is 0 Å². The maximum atomic E-state index is 11.5. The van der Waals surface area contributed by atoms with Gasteiger partial charge in [-0.25, -0.2) is 0 Å². The van der Waals surface area contributed by atoms with E-state index in [1.165, 1.54) is 10.4 Å². The molecule has 5 nitrogen and oxygen atoms in total. The first-order valence-electron chi connectivity index (χ1n) is 7.42. The summed E-state index contributed by atoms with van der Waals surface area (Å²) in [6.45, 7) is 3.52. The van der Waals surface area contributed by atoms with Gasteiger partial charge in [0.05, 0.1) is 6.54 Å². The second-order valence-electron chi connectivity index (χ2n) is 5.08. The number of carbonyl (C=O) groups is 1. The van der Waals surface area contributed by atoms with Crippen molar-refractivity contribution in [2.75, 3.05) is 14.1 Å². The Balaban J connectivity index is 0.00000288. The van der Waals surface area contributed by atoms with Crippen molar-refractivity contribution < 1.29 is 4.79 Å². The molecule has 0 saturated heterocycles. The minimum atomic E-state index is -0.0756. The van der Waals surface area contributed by atoms with Crippen molar-refractivity contribution in [1.29, 1.82) is 0 Å². The zero-order chi connectivity index (χ0) is 16.7. The molecule has 0 spiro atoms. The molecular formula is C17H23IN4OS. The predicted molar refractivity (Wildman–Crippen MR) is 111 cm³/mol. The Morgan fingerprint density at radius 2 is 1.79 bits per heavy atom. The Labute approximate surface area is 164 Å². The highest BCUT2D eigenvalue weighted by Crippen LogP contribution is 2.14. The number of aryl methyl sites for hydroxylation is 1. The molecule has 1 aromatic heterocycles. The van der Waals surface area contributed by atoms with Gasteiger partial charge in [0.15, 0.2) is 5.96 Å². The maximum absolute atomic E-state index is 11.5. The molecule has 0 aliphatic heterocycles. The summed E-state index contributed by atoms with van der Waals surface area (Å²) in [7, 11) is 3.38. The van der Waals surface area contributed by atoms with Crippen LogP contribution in [0, 0.1) is 6.92 Å². The van der Waals surface area contributed by atoms with Crippen LogP contribution in [0.1, 0.15) is 26.4 Å². The molecule has 0 fully saturated rings. The summed E-state index contributed by atoms with van der Waals surface area (Å²) in [5.74, 6) is 0.682. The number of amides is 1. The van der Waals surface area contributed by atoms with Crippen LogP contribution in [0.3, 0.4) is 0 Å². The van der Waals surface area contributed by atoms with Gasteiger partial charge in [-0.1, -0.05) is 12.1 Å². The minimum Gasteiger partial charge on any atom is -0.355 e. The van der Waals surface area contributed by atoms with Gasteiger partial charge in [0.1, 0.15) is 0 Å². The van der Waals surface area contributed by atoms with E-state index in [0.717, 1.165) is 18.1 Å². The van der Waals surface area contributed by atoms with E-state index in [9.17, 15) is 4.79 Å². The average Bonchev–Trinajstić information content (AvgIpc) is 3.00. The fraction of sp³-hybridized carbons (Fsp3) is 0.294. The molecule has 0 saturated carbocycles. The Morgan fingerprint density at radius 1 is 1.12 bits per heavy atom. The average molecular weight is 458 g/mol. The lowest BCUT2D eigenvalue weighted by atomic mass is 10.1. The lowest BCUT2D eigenvalue weighted by molar-refractivity contribution is 0.0963. The van der Waals surface area contributed by atoms with Crippen molar-refractivity contribution in [3.63, 3.8) is 0 Å². The number of nitrogens with one attached hydrogen (secondary N) is 3. The largest absolute Gasteiger partial charge is 0.355 e. The molecule has 24 heavy (non-hydrogen) atoms. The lowest BCUT2D eigenvalue weighted by Gasteiger charge is -2.12. The van der Waals surface area contributed by atoms with Gasteiger partial charge in [0, 0.05) is 31.1 Å². The molecule has 0 aliphatic rings. The summed E-state index contributed by atoms with van der Waals surface area (Å²) in [4.78, 5) is 17.0. The van der Waals surface area contributed by atoms with Crippen molar-refractivity contribution in [3.05, 3.63) is 57.3 Å². The van der Waals surface area contributed by atoms with Crippen LogP contribution in [0.5, 0.6) is 0 Å². The van der Waals surface area contributed by atoms with Crippen molar-refractivity contribution >= 4 is 47.2 Å². The summed E-state index contributed by atoms with van der Waals surface area (Å²) in [5, 5.41) is 11.3. The van der Waals surface area contributed by atoms with Gasteiger partial charge in [-0.3, -0.25) is 9.79 Å². The second-order valence-corrected chi connectivity index (χ2v) is 6.08. The highest BCUT2D eigenvalue weighted by molar-refractivity contribution is 14.0. The van der Waals surface area contributed by atoms with Crippen LogP contribution >= 0.6 is 35.3 Å². The van der Waals surface area contributed by atoms with E-state index in [1.54, 1.807) is 25.4 Å². The molecule has 0 unspecified atom stereocenters. The predicted octanol–water partition coefficient (Wildman–Crippen LogP) is 2.90. The van der Waals surface area contributed by atoms with Crippen LogP contribution in [0.4, 0.5) is 0 Å². The Bertz CT molecular complexity index is 682. The zero-order valence-corrected chi connectivity index (χ0v) is 17.2. The van der Waals surface area contributed by atoms with Crippen LogP contribution in [-0.4, -0.2) is 26.0 Å². The molecule has 0 atom stereocenters. The SMILES string of the molecule is CN=C(NCc1ccc(C(=O)NC)cc1)NCc1sccc1C.I. The fourth-order valence-electron chi connectivity index (χ4n) is 2.07. The van der Waals surface area contributed by atoms with Crippen molar-refractivity contribution in [3.8, 4) is 0 Å². The number of thiophene rings is 1. The highest BCUT2D eigenvalue weighted by Gasteiger charge is 2.04. The normalized spacial score (nSPS) is 10.7. The molecule has 1 aromatic carbocycles. The number of hydrogen-bond donors (Lipinski definition) is 3. The standard InChI is InChI=1S/C17H22N4OS.HI/c1-12-8-9-23-15(12)11-21-17(19-3)20-10-13-4-6-14(7-5-13)16(22)18-2;/h4-9H,10-11H2,1-3H3,(H,18,22)(H2,19,20,21);1H. The first kappa shape index (κ1) is 20.4. The van der Waals surface area contributed by atoms with Gasteiger partial charge in [-0.2, -0.15) is 0 Å². The van der Waals surface area contributed by atoms with Crippen molar-refractivity contribution in [2.24, 2.45) is 4.99 Å². The molecular weight excluding hydrogens is 435 g/mol. The number of benzene rings is 1. The third-order valence-electron chi connectivity index (χ3n) is 3.51. The summed E-state index contributed by atoms with van der Waals surface area (Å²) >= 11 is 1.74. The summed E-state index contributed by atoms with van der Waals surface area (Å²) in [6.07, 6.45) is 0. The second kappa shape index (κ2) is 10.3. The Morgan fingerprint density at radius 3 is 2.33 bits per heavy atom. The summed E-state index contributed by atoms with van der Waals surface area (Å²) < 4.78 is 0. The molecule has 0 aliphatic carbocycles. The van der Waals surface area contributed by atoms with E-state index in [-0.39, 0.29) is 29.9 Å². The van der Waals surface area contributed by atoms with E-state index in [0.29, 0.717) is 12.1 Å². The van der Waals surface area contributed by atoms with Crippen LogP contribution in [0.25, 0.3) is 0 Å². The first-order valence-corrected chi connectivity index (χ1v) is 8.30. The van der Waals surface area contributed by atoms with E-state index in [2.05, 4.69) is 39.3 Å². The smallest absolute Gasteiger partial charge is 0.251 e. The third kappa shape index (κ3) is 5.79. The Hall–Kier alpha value is -1.61. The first-order chi connectivity index (χ1) is 11.1. The molecule has 2 rings (SSSR count). The minimum absolute atomic E-state index is 0. The van der Waals surface area contributed by atoms with E-state index in [4.69, 9.17) is 0 Å². The molecule has 3 N–H and O–H groups in total. The molecule has 0 bridgehead atoms. The van der Waals surface area contributed by atoms with Gasteiger partial charge in [0.2, 0.25) is 0 Å².